The molecule has 1 aliphatic rings. The van der Waals surface area contributed by atoms with E-state index in [0.29, 0.717) is 25.8 Å². The summed E-state index contributed by atoms with van der Waals surface area (Å²) in [6, 6.07) is 10.3. The van der Waals surface area contributed by atoms with Crippen LogP contribution in [0.2, 0.25) is 0 Å². The molecule has 6 heteroatoms. The van der Waals surface area contributed by atoms with Crippen molar-refractivity contribution in [2.75, 3.05) is 32.8 Å². The molecule has 0 fully saturated rings. The van der Waals surface area contributed by atoms with Gasteiger partial charge in [0.05, 0.1) is 4.88 Å². The normalized spacial score (nSPS) is 13.3. The summed E-state index contributed by atoms with van der Waals surface area (Å²) in [7, 11) is 0. The molecule has 0 unspecified atom stereocenters. The van der Waals surface area contributed by atoms with Gasteiger partial charge in [-0.15, -0.1) is 11.3 Å². The molecule has 1 amide bonds. The maximum Gasteiger partial charge on any atom is 0.261 e. The summed E-state index contributed by atoms with van der Waals surface area (Å²) in [6.45, 7) is 10.1. The number of carbonyl (C=O) groups is 1. The van der Waals surface area contributed by atoms with E-state index in [1.54, 1.807) is 0 Å². The fraction of sp³-hybridized carbons (Fsp3) is 0.450. The van der Waals surface area contributed by atoms with Crippen LogP contribution in [-0.2, 0) is 0 Å². The smallest absolute Gasteiger partial charge is 0.261 e. The number of ether oxygens (including phenoxy) is 2. The van der Waals surface area contributed by atoms with Crippen LogP contribution >= 0.6 is 11.3 Å². The third kappa shape index (κ3) is 4.37. The predicted molar refractivity (Wildman–Crippen MR) is 105 cm³/mol. The largest absolute Gasteiger partial charge is 0.486 e. The molecule has 1 aromatic heterocycles. The van der Waals surface area contributed by atoms with E-state index in [0.717, 1.165) is 39.9 Å². The number of hydrogen-bond donors (Lipinski definition) is 1. The number of amides is 1. The first-order valence-corrected chi connectivity index (χ1v) is 9.92. The highest BCUT2D eigenvalue weighted by Crippen LogP contribution is 2.36. The van der Waals surface area contributed by atoms with Gasteiger partial charge in [0, 0.05) is 24.0 Å². The maximum absolute atomic E-state index is 12.4. The molecule has 1 N–H and O–H groups in total. The molecule has 0 bridgehead atoms. The third-order valence-electron chi connectivity index (χ3n) is 4.48. The molecule has 0 spiro atoms. The first-order chi connectivity index (χ1) is 12.6. The van der Waals surface area contributed by atoms with Crippen molar-refractivity contribution in [3.05, 3.63) is 35.2 Å². The van der Waals surface area contributed by atoms with Gasteiger partial charge in [-0.2, -0.15) is 0 Å². The second-order valence-electron chi connectivity index (χ2n) is 6.50. The van der Waals surface area contributed by atoms with E-state index < -0.39 is 0 Å². The SMILES string of the molecule is CCN(CCNC(=O)c1ccc(-c2ccc3c(c2)OCCO3)s1)C(C)C. The number of nitrogens with one attached hydrogen (secondary N) is 1. The lowest BCUT2D eigenvalue weighted by atomic mass is 10.1. The van der Waals surface area contributed by atoms with Gasteiger partial charge in [0.15, 0.2) is 11.5 Å². The molecular weight excluding hydrogens is 348 g/mol. The monoisotopic (exact) mass is 374 g/mol. The molecule has 2 heterocycles. The van der Waals surface area contributed by atoms with Gasteiger partial charge in [-0.25, -0.2) is 0 Å². The second kappa shape index (κ2) is 8.56. The second-order valence-corrected chi connectivity index (χ2v) is 7.58. The maximum atomic E-state index is 12.4. The molecule has 0 saturated heterocycles. The highest BCUT2D eigenvalue weighted by atomic mass is 32.1. The van der Waals surface area contributed by atoms with Gasteiger partial charge in [0.25, 0.3) is 5.91 Å². The van der Waals surface area contributed by atoms with Crippen molar-refractivity contribution in [3.8, 4) is 21.9 Å². The van der Waals surface area contributed by atoms with Crippen LogP contribution in [0.15, 0.2) is 30.3 Å². The standard InChI is InChI=1S/C20H26N2O3S/c1-4-22(14(2)3)10-9-21-20(23)19-8-7-18(26-19)15-5-6-16-17(13-15)25-12-11-24-16/h5-8,13-14H,4,9-12H2,1-3H3,(H,21,23). The zero-order valence-corrected chi connectivity index (χ0v) is 16.4. The molecule has 0 saturated carbocycles. The lowest BCUT2D eigenvalue weighted by Crippen LogP contribution is -2.38. The number of likely N-dealkylation sites (N-methyl/N-ethyl adjacent to an activating group) is 1. The number of benzene rings is 1. The molecule has 1 aliphatic heterocycles. The van der Waals surface area contributed by atoms with Crippen LogP contribution in [0.3, 0.4) is 0 Å². The summed E-state index contributed by atoms with van der Waals surface area (Å²) < 4.78 is 11.2. The van der Waals surface area contributed by atoms with Crippen LogP contribution in [0.5, 0.6) is 11.5 Å². The van der Waals surface area contributed by atoms with E-state index in [9.17, 15) is 4.79 Å². The minimum Gasteiger partial charge on any atom is -0.486 e. The average Bonchev–Trinajstić information content (AvgIpc) is 3.14. The van der Waals surface area contributed by atoms with Crippen molar-refractivity contribution in [1.29, 1.82) is 0 Å². The lowest BCUT2D eigenvalue weighted by Gasteiger charge is -2.24. The molecule has 3 rings (SSSR count). The van der Waals surface area contributed by atoms with Gasteiger partial charge < -0.3 is 14.8 Å². The molecule has 140 valence electrons. The zero-order chi connectivity index (χ0) is 18.5. The average molecular weight is 375 g/mol. The summed E-state index contributed by atoms with van der Waals surface area (Å²) in [6.07, 6.45) is 0. The van der Waals surface area contributed by atoms with Crippen LogP contribution in [0.1, 0.15) is 30.4 Å². The van der Waals surface area contributed by atoms with Crippen LogP contribution in [0.4, 0.5) is 0 Å². The van der Waals surface area contributed by atoms with Gasteiger partial charge >= 0.3 is 0 Å². The van der Waals surface area contributed by atoms with E-state index >= 15 is 0 Å². The summed E-state index contributed by atoms with van der Waals surface area (Å²) >= 11 is 1.49. The van der Waals surface area contributed by atoms with Gasteiger partial charge in [0.2, 0.25) is 0 Å². The lowest BCUT2D eigenvalue weighted by molar-refractivity contribution is 0.0950. The van der Waals surface area contributed by atoms with Crippen molar-refractivity contribution >= 4 is 17.2 Å². The number of hydrogen-bond acceptors (Lipinski definition) is 5. The van der Waals surface area contributed by atoms with E-state index in [4.69, 9.17) is 9.47 Å². The Morgan fingerprint density at radius 1 is 1.19 bits per heavy atom. The summed E-state index contributed by atoms with van der Waals surface area (Å²) in [4.78, 5) is 16.5. The van der Waals surface area contributed by atoms with Gasteiger partial charge in [0.1, 0.15) is 13.2 Å². The van der Waals surface area contributed by atoms with Crippen molar-refractivity contribution in [2.45, 2.75) is 26.8 Å². The Labute approximate surface area is 158 Å². The number of rotatable bonds is 7. The first kappa shape index (κ1) is 18.7. The number of carbonyl (C=O) groups excluding carboxylic acids is 1. The van der Waals surface area contributed by atoms with Gasteiger partial charge in [-0.05, 0) is 56.3 Å². The molecule has 0 aliphatic carbocycles. The molecular formula is C20H26N2O3S. The van der Waals surface area contributed by atoms with E-state index in [-0.39, 0.29) is 5.91 Å². The fourth-order valence-corrected chi connectivity index (χ4v) is 3.91. The Morgan fingerprint density at radius 2 is 1.96 bits per heavy atom. The fourth-order valence-electron chi connectivity index (χ4n) is 2.99. The topological polar surface area (TPSA) is 50.8 Å². The molecule has 2 aromatic rings. The minimum absolute atomic E-state index is 0.0152. The molecule has 0 atom stereocenters. The molecule has 26 heavy (non-hydrogen) atoms. The number of fused-ring (bicyclic) bond motifs is 1. The predicted octanol–water partition coefficient (Wildman–Crippen LogP) is 3.65. The Balaban J connectivity index is 1.61. The number of nitrogens with zero attached hydrogens (tertiary/aromatic N) is 1. The van der Waals surface area contributed by atoms with Crippen molar-refractivity contribution in [1.82, 2.24) is 10.2 Å². The molecule has 0 radical (unpaired) electrons. The molecule has 5 nitrogen and oxygen atoms in total. The Bertz CT molecular complexity index is 757. The van der Waals surface area contributed by atoms with Gasteiger partial charge in [-0.1, -0.05) is 6.92 Å². The van der Waals surface area contributed by atoms with Crippen LogP contribution in [-0.4, -0.2) is 49.7 Å². The highest BCUT2D eigenvalue weighted by molar-refractivity contribution is 7.17. The third-order valence-corrected chi connectivity index (χ3v) is 5.61. The van der Waals surface area contributed by atoms with Gasteiger partial charge in [-0.3, -0.25) is 9.69 Å². The minimum atomic E-state index is -0.0152. The zero-order valence-electron chi connectivity index (χ0n) is 15.6. The van der Waals surface area contributed by atoms with Crippen molar-refractivity contribution < 1.29 is 14.3 Å². The van der Waals surface area contributed by atoms with Crippen molar-refractivity contribution in [2.24, 2.45) is 0 Å². The van der Waals surface area contributed by atoms with E-state index in [1.165, 1.54) is 11.3 Å². The molecule has 1 aromatic carbocycles. The van der Waals surface area contributed by atoms with Crippen LogP contribution < -0.4 is 14.8 Å². The van der Waals surface area contributed by atoms with Crippen LogP contribution in [0.25, 0.3) is 10.4 Å². The Hall–Kier alpha value is -2.05. The summed E-state index contributed by atoms with van der Waals surface area (Å²) in [5.74, 6) is 1.53. The summed E-state index contributed by atoms with van der Waals surface area (Å²) in [5, 5.41) is 3.02. The van der Waals surface area contributed by atoms with E-state index in [2.05, 4.69) is 31.0 Å². The quantitative estimate of drug-likeness (QED) is 0.804. The van der Waals surface area contributed by atoms with Crippen LogP contribution in [0, 0.1) is 0 Å². The van der Waals surface area contributed by atoms with E-state index in [1.807, 2.05) is 30.3 Å². The summed E-state index contributed by atoms with van der Waals surface area (Å²) in [5.41, 5.74) is 1.04. The highest BCUT2D eigenvalue weighted by Gasteiger charge is 2.15. The first-order valence-electron chi connectivity index (χ1n) is 9.10. The Kier molecular flexibility index (Phi) is 6.16. The number of thiophene rings is 1. The van der Waals surface area contributed by atoms with Crippen molar-refractivity contribution in [3.63, 3.8) is 0 Å². The Morgan fingerprint density at radius 3 is 2.69 bits per heavy atom.